The predicted octanol–water partition coefficient (Wildman–Crippen LogP) is 9.28. The van der Waals surface area contributed by atoms with Crippen molar-refractivity contribution in [3.8, 4) is 0 Å². The summed E-state index contributed by atoms with van der Waals surface area (Å²) in [5.74, 6) is 4.65. The number of allylic oxidation sites excluding steroid dienone is 4. The van der Waals surface area contributed by atoms with Crippen LogP contribution in [0.3, 0.4) is 0 Å². The SMILES string of the molecule is CC(C)=CC[C@@H](C)C(C)(C)[C@H]1CC[C@@]2(C)C3=CC(=O)[C@@H]4C[C@@H](C)[C@@H](C)C[C@]4(C)C3[C@H](C)C[C@]12C. The van der Waals surface area contributed by atoms with Crippen LogP contribution in [0, 0.1) is 63.1 Å². The molecular weight excluding hydrogens is 412 g/mol. The lowest BCUT2D eigenvalue weighted by Gasteiger charge is -2.64. The Morgan fingerprint density at radius 2 is 1.74 bits per heavy atom. The third-order valence-electron chi connectivity index (χ3n) is 12.8. The summed E-state index contributed by atoms with van der Waals surface area (Å²) in [5, 5.41) is 0. The zero-order valence-electron chi connectivity index (χ0n) is 24.3. The third-order valence-corrected chi connectivity index (χ3v) is 12.8. The smallest absolute Gasteiger partial charge is 0.159 e. The number of ketones is 1. The first kappa shape index (κ1) is 26.2. The maximum atomic E-state index is 13.7. The highest BCUT2D eigenvalue weighted by Gasteiger charge is 2.68. The van der Waals surface area contributed by atoms with Crippen molar-refractivity contribution in [2.75, 3.05) is 0 Å². The maximum Gasteiger partial charge on any atom is 0.159 e. The van der Waals surface area contributed by atoms with Crippen LogP contribution >= 0.6 is 0 Å². The monoisotopic (exact) mass is 466 g/mol. The molecule has 0 aromatic rings. The average Bonchev–Trinajstić information content (AvgIpc) is 2.99. The van der Waals surface area contributed by atoms with Crippen molar-refractivity contribution in [2.45, 2.75) is 115 Å². The van der Waals surface area contributed by atoms with Gasteiger partial charge in [-0.05, 0) is 116 Å². The quantitative estimate of drug-likeness (QED) is 0.377. The van der Waals surface area contributed by atoms with Gasteiger partial charge in [0.15, 0.2) is 5.78 Å². The Bertz CT molecular complexity index is 886. The summed E-state index contributed by atoms with van der Waals surface area (Å²) in [6.07, 6.45) is 12.0. The van der Waals surface area contributed by atoms with E-state index in [2.05, 4.69) is 88.3 Å². The van der Waals surface area contributed by atoms with Crippen LogP contribution in [0.4, 0.5) is 0 Å². The second-order valence-corrected chi connectivity index (χ2v) is 15.2. The normalized spacial score (nSPS) is 47.3. The van der Waals surface area contributed by atoms with E-state index < -0.39 is 0 Å². The number of hydrogen-bond acceptors (Lipinski definition) is 1. The molecule has 1 unspecified atom stereocenters. The first-order valence-electron chi connectivity index (χ1n) is 14.5. The molecule has 3 saturated carbocycles. The van der Waals surface area contributed by atoms with Gasteiger partial charge in [0.25, 0.3) is 0 Å². The van der Waals surface area contributed by atoms with Crippen LogP contribution in [0.1, 0.15) is 115 Å². The van der Waals surface area contributed by atoms with E-state index in [4.69, 9.17) is 0 Å². The minimum atomic E-state index is 0.140. The Morgan fingerprint density at radius 3 is 2.35 bits per heavy atom. The van der Waals surface area contributed by atoms with Gasteiger partial charge in [-0.2, -0.15) is 0 Å². The van der Waals surface area contributed by atoms with Crippen LogP contribution in [0.2, 0.25) is 0 Å². The zero-order chi connectivity index (χ0) is 25.4. The van der Waals surface area contributed by atoms with Crippen LogP contribution in [0.15, 0.2) is 23.3 Å². The summed E-state index contributed by atoms with van der Waals surface area (Å²) in [7, 11) is 0. The fourth-order valence-electron chi connectivity index (χ4n) is 10.2. The van der Waals surface area contributed by atoms with Crippen molar-refractivity contribution in [1.29, 1.82) is 0 Å². The molecule has 0 amide bonds. The largest absolute Gasteiger partial charge is 0.295 e. The second-order valence-electron chi connectivity index (χ2n) is 15.2. The molecule has 1 heteroatoms. The summed E-state index contributed by atoms with van der Waals surface area (Å²) >= 11 is 0. The molecule has 10 atom stereocenters. The molecule has 0 saturated heterocycles. The van der Waals surface area contributed by atoms with Gasteiger partial charge in [0, 0.05) is 5.92 Å². The van der Waals surface area contributed by atoms with Crippen LogP contribution in [-0.2, 0) is 4.79 Å². The van der Waals surface area contributed by atoms with Crippen LogP contribution in [0.25, 0.3) is 0 Å². The Balaban J connectivity index is 1.75. The van der Waals surface area contributed by atoms with E-state index in [1.165, 1.54) is 37.7 Å². The molecule has 4 aliphatic rings. The Kier molecular flexibility index (Phi) is 6.43. The van der Waals surface area contributed by atoms with E-state index >= 15 is 0 Å². The minimum Gasteiger partial charge on any atom is -0.295 e. The first-order valence-corrected chi connectivity index (χ1v) is 14.5. The molecule has 0 radical (unpaired) electrons. The van der Waals surface area contributed by atoms with Gasteiger partial charge in [0.2, 0.25) is 0 Å². The van der Waals surface area contributed by atoms with Crippen LogP contribution in [0.5, 0.6) is 0 Å². The highest BCUT2D eigenvalue weighted by atomic mass is 16.1. The van der Waals surface area contributed by atoms with Gasteiger partial charge in [0.05, 0.1) is 0 Å². The van der Waals surface area contributed by atoms with Crippen molar-refractivity contribution in [3.63, 3.8) is 0 Å². The molecule has 4 rings (SSSR count). The van der Waals surface area contributed by atoms with Crippen LogP contribution in [-0.4, -0.2) is 5.78 Å². The molecule has 0 spiro atoms. The zero-order valence-corrected chi connectivity index (χ0v) is 24.3. The van der Waals surface area contributed by atoms with Crippen molar-refractivity contribution in [2.24, 2.45) is 63.1 Å². The van der Waals surface area contributed by atoms with Crippen molar-refractivity contribution in [1.82, 2.24) is 0 Å². The summed E-state index contributed by atoms with van der Waals surface area (Å²) in [5.41, 5.74) is 3.83. The van der Waals surface area contributed by atoms with Gasteiger partial charge in [-0.1, -0.05) is 79.5 Å². The van der Waals surface area contributed by atoms with Crippen LogP contribution < -0.4 is 0 Å². The Morgan fingerprint density at radius 1 is 1.09 bits per heavy atom. The van der Waals surface area contributed by atoms with E-state index in [0.29, 0.717) is 41.3 Å². The maximum absolute atomic E-state index is 13.7. The molecule has 192 valence electrons. The van der Waals surface area contributed by atoms with E-state index in [-0.39, 0.29) is 27.6 Å². The first-order chi connectivity index (χ1) is 15.6. The molecule has 34 heavy (non-hydrogen) atoms. The molecule has 0 aromatic heterocycles. The predicted molar refractivity (Wildman–Crippen MR) is 145 cm³/mol. The summed E-state index contributed by atoms with van der Waals surface area (Å²) < 4.78 is 0. The summed E-state index contributed by atoms with van der Waals surface area (Å²) in [6, 6.07) is 0. The molecule has 3 fully saturated rings. The standard InChI is InChI=1S/C33H54O/c1-20(2)12-13-24(6)30(7,8)28-14-15-32(10)26-17-27(34)25-16-21(3)22(4)18-31(25,9)29(26)23(5)19-33(28,32)11/h12,17,21-25,28-29H,13-16,18-19H2,1-11H3/t21-,22+,23-,24-,25+,28-,29?,31+,32+,33-/m1/s1. The van der Waals surface area contributed by atoms with Gasteiger partial charge >= 0.3 is 0 Å². The fraction of sp³-hybridized carbons (Fsp3) is 0.848. The Hall–Kier alpha value is -0.850. The lowest BCUT2D eigenvalue weighted by Crippen LogP contribution is -2.59. The van der Waals surface area contributed by atoms with Gasteiger partial charge in [-0.25, -0.2) is 0 Å². The average molecular weight is 467 g/mol. The van der Waals surface area contributed by atoms with E-state index in [1.54, 1.807) is 5.57 Å². The van der Waals surface area contributed by atoms with Crippen molar-refractivity contribution >= 4 is 5.78 Å². The molecule has 4 aliphatic carbocycles. The lowest BCUT2D eigenvalue weighted by atomic mass is 9.39. The van der Waals surface area contributed by atoms with Gasteiger partial charge < -0.3 is 0 Å². The van der Waals surface area contributed by atoms with Gasteiger partial charge in [-0.15, -0.1) is 0 Å². The van der Waals surface area contributed by atoms with E-state index in [9.17, 15) is 4.79 Å². The van der Waals surface area contributed by atoms with E-state index in [0.717, 1.165) is 6.42 Å². The van der Waals surface area contributed by atoms with Gasteiger partial charge in [-0.3, -0.25) is 4.79 Å². The highest BCUT2D eigenvalue weighted by molar-refractivity contribution is 5.94. The molecule has 0 aliphatic heterocycles. The molecular formula is C33H54O. The number of carbonyl (C=O) groups excluding carboxylic acids is 1. The lowest BCUT2D eigenvalue weighted by molar-refractivity contribution is -0.139. The topological polar surface area (TPSA) is 17.1 Å². The van der Waals surface area contributed by atoms with Gasteiger partial charge in [0.1, 0.15) is 0 Å². The van der Waals surface area contributed by atoms with Crippen molar-refractivity contribution in [3.05, 3.63) is 23.3 Å². The number of carbonyl (C=O) groups is 1. The summed E-state index contributed by atoms with van der Waals surface area (Å²) in [6.45, 7) is 27.1. The number of hydrogen-bond donors (Lipinski definition) is 0. The van der Waals surface area contributed by atoms with Crippen molar-refractivity contribution < 1.29 is 4.79 Å². The highest BCUT2D eigenvalue weighted by Crippen LogP contribution is 2.75. The Labute approximate surface area is 211 Å². The fourth-order valence-corrected chi connectivity index (χ4v) is 10.2. The minimum absolute atomic E-state index is 0.140. The molecule has 0 aromatic carbocycles. The van der Waals surface area contributed by atoms with E-state index in [1.807, 2.05) is 0 Å². The molecule has 0 N–H and O–H groups in total. The number of rotatable bonds is 4. The number of fused-ring (bicyclic) bond motifs is 5. The molecule has 1 nitrogen and oxygen atoms in total. The molecule has 0 heterocycles. The molecule has 0 bridgehead atoms. The second kappa shape index (κ2) is 8.34. The summed E-state index contributed by atoms with van der Waals surface area (Å²) in [4.78, 5) is 13.7. The third kappa shape index (κ3) is 3.56.